The number of carbonyl (C=O) groups excluding carboxylic acids is 1. The quantitative estimate of drug-likeness (QED) is 0.875. The lowest BCUT2D eigenvalue weighted by molar-refractivity contribution is -0.132. The van der Waals surface area contributed by atoms with Crippen LogP contribution in [-0.2, 0) is 11.2 Å². The number of anilines is 1. The van der Waals surface area contributed by atoms with Crippen LogP contribution >= 0.6 is 0 Å². The van der Waals surface area contributed by atoms with Crippen LogP contribution in [0.5, 0.6) is 0 Å². The Balaban J connectivity index is 1.53. The molecule has 3 rings (SSSR count). The van der Waals surface area contributed by atoms with Crippen LogP contribution in [0.3, 0.4) is 0 Å². The van der Waals surface area contributed by atoms with Crippen molar-refractivity contribution >= 4 is 11.6 Å². The van der Waals surface area contributed by atoms with Crippen molar-refractivity contribution in [3.63, 3.8) is 0 Å². The maximum absolute atomic E-state index is 12.5. The van der Waals surface area contributed by atoms with Crippen LogP contribution in [0.4, 0.5) is 5.69 Å². The van der Waals surface area contributed by atoms with E-state index in [4.69, 9.17) is 5.73 Å². The number of hydrogen-bond acceptors (Lipinski definition) is 4. The second-order valence-corrected chi connectivity index (χ2v) is 6.30. The topological polar surface area (TPSA) is 62.5 Å². The summed E-state index contributed by atoms with van der Waals surface area (Å²) >= 11 is 0. The van der Waals surface area contributed by atoms with E-state index >= 15 is 0 Å². The highest BCUT2D eigenvalue weighted by Crippen LogP contribution is 2.21. The fourth-order valence-electron chi connectivity index (χ4n) is 3.11. The van der Waals surface area contributed by atoms with Crippen molar-refractivity contribution in [2.24, 2.45) is 0 Å². The van der Waals surface area contributed by atoms with E-state index < -0.39 is 0 Å². The Bertz CT molecular complexity index is 664. The molecule has 5 heteroatoms. The lowest BCUT2D eigenvalue weighted by Gasteiger charge is -2.38. The van der Waals surface area contributed by atoms with E-state index in [0.29, 0.717) is 12.5 Å². The fourth-order valence-corrected chi connectivity index (χ4v) is 3.11. The van der Waals surface area contributed by atoms with Gasteiger partial charge in [-0.2, -0.15) is 0 Å². The smallest absolute Gasteiger partial charge is 0.227 e. The van der Waals surface area contributed by atoms with Gasteiger partial charge >= 0.3 is 0 Å². The molecule has 0 spiro atoms. The van der Waals surface area contributed by atoms with Gasteiger partial charge in [-0.3, -0.25) is 14.7 Å². The average Bonchev–Trinajstić information content (AvgIpc) is 2.64. The van der Waals surface area contributed by atoms with Crippen molar-refractivity contribution in [2.45, 2.75) is 19.4 Å². The molecule has 0 aliphatic carbocycles. The monoisotopic (exact) mass is 324 g/mol. The minimum absolute atomic E-state index is 0.188. The molecule has 1 amide bonds. The molecule has 1 saturated heterocycles. The number of pyridine rings is 1. The van der Waals surface area contributed by atoms with Crippen LogP contribution in [0.15, 0.2) is 48.8 Å². The molecule has 2 N–H and O–H groups in total. The first kappa shape index (κ1) is 16.5. The van der Waals surface area contributed by atoms with Crippen molar-refractivity contribution in [1.29, 1.82) is 0 Å². The Morgan fingerprint density at radius 1 is 1.17 bits per heavy atom. The van der Waals surface area contributed by atoms with Gasteiger partial charge in [-0.15, -0.1) is 0 Å². The molecule has 2 aromatic rings. The summed E-state index contributed by atoms with van der Waals surface area (Å²) in [6.07, 6.45) is 4.16. The molecule has 0 radical (unpaired) electrons. The number of nitrogens with two attached hydrogens (primary N) is 1. The Morgan fingerprint density at radius 3 is 2.50 bits per heavy atom. The maximum Gasteiger partial charge on any atom is 0.227 e. The van der Waals surface area contributed by atoms with Crippen molar-refractivity contribution in [2.75, 3.05) is 31.9 Å². The van der Waals surface area contributed by atoms with Crippen LogP contribution in [0, 0.1) is 0 Å². The number of nitrogens with zero attached hydrogens (tertiary/aromatic N) is 3. The van der Waals surface area contributed by atoms with Gasteiger partial charge in [0.2, 0.25) is 5.91 Å². The lowest BCUT2D eigenvalue weighted by Crippen LogP contribution is -2.49. The predicted octanol–water partition coefficient (Wildman–Crippen LogP) is 2.11. The van der Waals surface area contributed by atoms with Crippen molar-refractivity contribution in [1.82, 2.24) is 14.8 Å². The first-order chi connectivity index (χ1) is 11.6. The van der Waals surface area contributed by atoms with Crippen molar-refractivity contribution in [3.05, 3.63) is 59.9 Å². The minimum atomic E-state index is 0.188. The van der Waals surface area contributed by atoms with E-state index in [1.165, 1.54) is 5.56 Å². The highest BCUT2D eigenvalue weighted by molar-refractivity contribution is 5.79. The Labute approximate surface area is 143 Å². The predicted molar refractivity (Wildman–Crippen MR) is 95.4 cm³/mol. The fraction of sp³-hybridized carbons (Fsp3) is 0.368. The molecule has 1 unspecified atom stereocenters. The zero-order chi connectivity index (χ0) is 16.9. The molecule has 2 heterocycles. The molecule has 0 bridgehead atoms. The molecule has 5 nitrogen and oxygen atoms in total. The third-order valence-corrected chi connectivity index (χ3v) is 4.72. The summed E-state index contributed by atoms with van der Waals surface area (Å²) in [4.78, 5) is 21.0. The van der Waals surface area contributed by atoms with Crippen molar-refractivity contribution in [3.8, 4) is 0 Å². The van der Waals surface area contributed by atoms with E-state index in [1.807, 2.05) is 41.4 Å². The van der Waals surface area contributed by atoms with E-state index in [0.717, 1.165) is 37.4 Å². The molecule has 126 valence electrons. The van der Waals surface area contributed by atoms with Gasteiger partial charge in [0.25, 0.3) is 0 Å². The number of nitrogen functional groups attached to an aromatic ring is 1. The summed E-state index contributed by atoms with van der Waals surface area (Å²) in [7, 11) is 0. The Morgan fingerprint density at radius 2 is 1.88 bits per heavy atom. The zero-order valence-electron chi connectivity index (χ0n) is 14.1. The van der Waals surface area contributed by atoms with Gasteiger partial charge in [0.15, 0.2) is 0 Å². The minimum Gasteiger partial charge on any atom is -0.399 e. The average molecular weight is 324 g/mol. The number of carbonyl (C=O) groups is 1. The Kier molecular flexibility index (Phi) is 5.11. The van der Waals surface area contributed by atoms with E-state index in [2.05, 4.69) is 22.9 Å². The van der Waals surface area contributed by atoms with Gasteiger partial charge in [0, 0.05) is 50.3 Å². The number of hydrogen-bond donors (Lipinski definition) is 1. The van der Waals surface area contributed by atoms with E-state index in [1.54, 1.807) is 6.20 Å². The van der Waals surface area contributed by atoms with Crippen LogP contribution in [0.25, 0.3) is 0 Å². The van der Waals surface area contributed by atoms with Gasteiger partial charge in [-0.1, -0.05) is 18.2 Å². The lowest BCUT2D eigenvalue weighted by atomic mass is 10.1. The highest BCUT2D eigenvalue weighted by Gasteiger charge is 2.24. The SMILES string of the molecule is CC(c1cccnc1)N1CCN(C(=O)Cc2ccc(N)cc2)CC1. The summed E-state index contributed by atoms with van der Waals surface area (Å²) in [6.45, 7) is 5.53. The third-order valence-electron chi connectivity index (χ3n) is 4.72. The van der Waals surface area contributed by atoms with E-state index in [9.17, 15) is 4.79 Å². The second-order valence-electron chi connectivity index (χ2n) is 6.30. The summed E-state index contributed by atoms with van der Waals surface area (Å²) in [5.41, 5.74) is 8.65. The van der Waals surface area contributed by atoms with Crippen LogP contribution in [0.2, 0.25) is 0 Å². The number of piperazine rings is 1. The van der Waals surface area contributed by atoms with Crippen molar-refractivity contribution < 1.29 is 4.79 Å². The largest absolute Gasteiger partial charge is 0.399 e. The zero-order valence-corrected chi connectivity index (χ0v) is 14.1. The second kappa shape index (κ2) is 7.45. The molecule has 1 atom stereocenters. The molecule has 1 aromatic carbocycles. The molecular formula is C19H24N4O. The first-order valence-corrected chi connectivity index (χ1v) is 8.39. The normalized spacial score (nSPS) is 16.8. The van der Waals surface area contributed by atoms with Crippen LogP contribution in [0.1, 0.15) is 24.1 Å². The summed E-state index contributed by atoms with van der Waals surface area (Å²) in [5, 5.41) is 0. The molecule has 0 saturated carbocycles. The highest BCUT2D eigenvalue weighted by atomic mass is 16.2. The number of benzene rings is 1. The van der Waals surface area contributed by atoms with Gasteiger partial charge in [0.1, 0.15) is 0 Å². The van der Waals surface area contributed by atoms with Crippen LogP contribution in [-0.4, -0.2) is 46.9 Å². The maximum atomic E-state index is 12.5. The number of amides is 1. The van der Waals surface area contributed by atoms with Gasteiger partial charge in [-0.25, -0.2) is 0 Å². The molecule has 1 aliphatic heterocycles. The molecule has 24 heavy (non-hydrogen) atoms. The summed E-state index contributed by atoms with van der Waals surface area (Å²) in [6, 6.07) is 11.9. The van der Waals surface area contributed by atoms with Gasteiger partial charge in [-0.05, 0) is 36.2 Å². The summed E-state index contributed by atoms with van der Waals surface area (Å²) in [5.74, 6) is 0.188. The number of aromatic nitrogens is 1. The molecule has 1 aromatic heterocycles. The van der Waals surface area contributed by atoms with E-state index in [-0.39, 0.29) is 5.91 Å². The third kappa shape index (κ3) is 3.92. The van der Waals surface area contributed by atoms with Crippen LogP contribution < -0.4 is 5.73 Å². The molecular weight excluding hydrogens is 300 g/mol. The van der Waals surface area contributed by atoms with Gasteiger partial charge < -0.3 is 10.6 Å². The molecule has 1 fully saturated rings. The standard InChI is InChI=1S/C19H24N4O/c1-15(17-3-2-8-21-14-17)22-9-11-23(12-10-22)19(24)13-16-4-6-18(20)7-5-16/h2-8,14-15H,9-13,20H2,1H3. The first-order valence-electron chi connectivity index (χ1n) is 8.39. The number of rotatable bonds is 4. The Hall–Kier alpha value is -2.40. The molecule has 1 aliphatic rings. The van der Waals surface area contributed by atoms with Gasteiger partial charge in [0.05, 0.1) is 6.42 Å². The summed E-state index contributed by atoms with van der Waals surface area (Å²) < 4.78 is 0.